The molecule has 0 spiro atoms. The Morgan fingerprint density at radius 2 is 1.35 bits per heavy atom. The normalized spacial score (nSPS) is 14.8. The predicted molar refractivity (Wildman–Crippen MR) is 68.8 cm³/mol. The summed E-state index contributed by atoms with van der Waals surface area (Å²) >= 11 is 0. The van der Waals surface area contributed by atoms with Gasteiger partial charge in [-0.05, 0) is 5.56 Å². The molecule has 0 aliphatic carbocycles. The molecule has 2 aromatic rings. The van der Waals surface area contributed by atoms with Crippen molar-refractivity contribution in [3.05, 3.63) is 71.8 Å². The van der Waals surface area contributed by atoms with Crippen molar-refractivity contribution in [1.82, 2.24) is 5.48 Å². The van der Waals surface area contributed by atoms with Crippen LogP contribution in [0.3, 0.4) is 0 Å². The molecule has 0 fully saturated rings. The van der Waals surface area contributed by atoms with Crippen LogP contribution in [0.25, 0.3) is 11.3 Å². The van der Waals surface area contributed by atoms with E-state index in [-0.39, 0.29) is 0 Å². The maximum atomic E-state index is 5.54. The third-order valence-electron chi connectivity index (χ3n) is 2.86. The second kappa shape index (κ2) is 4.44. The van der Waals surface area contributed by atoms with Crippen LogP contribution < -0.4 is 5.48 Å². The maximum absolute atomic E-state index is 5.54. The van der Waals surface area contributed by atoms with E-state index in [1.165, 1.54) is 11.1 Å². The fourth-order valence-electron chi connectivity index (χ4n) is 2.02. The Morgan fingerprint density at radius 1 is 0.765 bits per heavy atom. The van der Waals surface area contributed by atoms with E-state index in [9.17, 15) is 0 Å². The Morgan fingerprint density at radius 3 is 2.00 bits per heavy atom. The first-order valence-corrected chi connectivity index (χ1v) is 5.69. The lowest BCUT2D eigenvalue weighted by Gasteiger charge is -2.05. The van der Waals surface area contributed by atoms with E-state index in [0.717, 1.165) is 17.9 Å². The zero-order chi connectivity index (χ0) is 11.5. The molecule has 2 aromatic carbocycles. The summed E-state index contributed by atoms with van der Waals surface area (Å²) < 4.78 is 0. The van der Waals surface area contributed by atoms with Gasteiger partial charge in [0.15, 0.2) is 5.76 Å². The van der Waals surface area contributed by atoms with Crippen LogP contribution in [0.1, 0.15) is 11.1 Å². The fraction of sp³-hybridized carbons (Fsp3) is 0.0667. The van der Waals surface area contributed by atoms with E-state index >= 15 is 0 Å². The molecule has 1 N–H and O–H groups in total. The van der Waals surface area contributed by atoms with Crippen LogP contribution in [-0.2, 0) is 4.84 Å². The molecule has 0 unspecified atom stereocenters. The Kier molecular flexibility index (Phi) is 2.64. The second-order valence-electron chi connectivity index (χ2n) is 3.96. The van der Waals surface area contributed by atoms with E-state index in [0.29, 0.717) is 0 Å². The quantitative estimate of drug-likeness (QED) is 0.844. The molecule has 3 rings (SSSR count). The SMILES string of the molecule is c1ccc(C2=C(c3ccccc3)ONC2)cc1. The minimum Gasteiger partial charge on any atom is -0.407 e. The highest BCUT2D eigenvalue weighted by Gasteiger charge is 2.18. The van der Waals surface area contributed by atoms with Crippen LogP contribution in [0.4, 0.5) is 0 Å². The topological polar surface area (TPSA) is 21.3 Å². The van der Waals surface area contributed by atoms with Crippen molar-refractivity contribution in [3.8, 4) is 0 Å². The number of hydrogen-bond acceptors (Lipinski definition) is 2. The lowest BCUT2D eigenvalue weighted by molar-refractivity contribution is 0.191. The van der Waals surface area contributed by atoms with Gasteiger partial charge in [0.25, 0.3) is 0 Å². The number of rotatable bonds is 2. The molecule has 84 valence electrons. The molecule has 17 heavy (non-hydrogen) atoms. The van der Waals surface area contributed by atoms with Gasteiger partial charge >= 0.3 is 0 Å². The molecule has 0 amide bonds. The van der Waals surface area contributed by atoms with Gasteiger partial charge in [-0.15, -0.1) is 0 Å². The third-order valence-corrected chi connectivity index (χ3v) is 2.86. The summed E-state index contributed by atoms with van der Waals surface area (Å²) in [6.45, 7) is 0.744. The lowest BCUT2D eigenvalue weighted by Crippen LogP contribution is -2.05. The first kappa shape index (κ1) is 10.1. The van der Waals surface area contributed by atoms with Gasteiger partial charge in [0, 0.05) is 11.1 Å². The Bertz CT molecular complexity index is 482. The van der Waals surface area contributed by atoms with E-state index < -0.39 is 0 Å². The average Bonchev–Trinajstić information content (AvgIpc) is 2.90. The Hall–Kier alpha value is -2.06. The van der Waals surface area contributed by atoms with Gasteiger partial charge in [0.05, 0.1) is 6.54 Å². The zero-order valence-corrected chi connectivity index (χ0v) is 9.39. The first-order valence-electron chi connectivity index (χ1n) is 5.69. The van der Waals surface area contributed by atoms with Crippen molar-refractivity contribution in [2.45, 2.75) is 0 Å². The Labute approximate surface area is 101 Å². The van der Waals surface area contributed by atoms with Crippen molar-refractivity contribution in [2.24, 2.45) is 0 Å². The highest BCUT2D eigenvalue weighted by molar-refractivity contribution is 5.89. The van der Waals surface area contributed by atoms with Crippen molar-refractivity contribution >= 4 is 11.3 Å². The summed E-state index contributed by atoms with van der Waals surface area (Å²) in [5.41, 5.74) is 6.46. The molecule has 0 saturated carbocycles. The molecular formula is C15H13NO. The number of nitrogens with one attached hydrogen (secondary N) is 1. The molecule has 0 saturated heterocycles. The molecule has 0 atom stereocenters. The van der Waals surface area contributed by atoms with Crippen LogP contribution in [0.2, 0.25) is 0 Å². The summed E-state index contributed by atoms with van der Waals surface area (Å²) in [5, 5.41) is 0. The van der Waals surface area contributed by atoms with Crippen molar-refractivity contribution in [2.75, 3.05) is 6.54 Å². The van der Waals surface area contributed by atoms with Gasteiger partial charge in [-0.1, -0.05) is 60.7 Å². The van der Waals surface area contributed by atoms with Gasteiger partial charge in [0.2, 0.25) is 0 Å². The van der Waals surface area contributed by atoms with Crippen LogP contribution in [-0.4, -0.2) is 6.54 Å². The average molecular weight is 223 g/mol. The molecule has 0 aromatic heterocycles. The third kappa shape index (κ3) is 1.95. The minimum atomic E-state index is 0.744. The highest BCUT2D eigenvalue weighted by atomic mass is 16.7. The van der Waals surface area contributed by atoms with Crippen molar-refractivity contribution in [3.63, 3.8) is 0 Å². The standard InChI is InChI=1S/C15H13NO/c1-3-7-12(8-4-1)14-11-16-17-15(14)13-9-5-2-6-10-13/h1-10,16H,11H2. The molecule has 2 nitrogen and oxygen atoms in total. The van der Waals surface area contributed by atoms with E-state index in [2.05, 4.69) is 29.7 Å². The summed E-state index contributed by atoms with van der Waals surface area (Å²) in [6, 6.07) is 20.5. The van der Waals surface area contributed by atoms with Gasteiger partial charge in [-0.25, -0.2) is 0 Å². The summed E-state index contributed by atoms with van der Waals surface area (Å²) in [4.78, 5) is 5.54. The van der Waals surface area contributed by atoms with Crippen molar-refractivity contribution in [1.29, 1.82) is 0 Å². The molecule has 1 aliphatic rings. The highest BCUT2D eigenvalue weighted by Crippen LogP contribution is 2.29. The van der Waals surface area contributed by atoms with E-state index in [1.54, 1.807) is 0 Å². The largest absolute Gasteiger partial charge is 0.407 e. The molecule has 1 aliphatic heterocycles. The van der Waals surface area contributed by atoms with Crippen LogP contribution >= 0.6 is 0 Å². The summed E-state index contributed by atoms with van der Waals surface area (Å²) in [5.74, 6) is 0.928. The predicted octanol–water partition coefficient (Wildman–Crippen LogP) is 3.09. The van der Waals surface area contributed by atoms with E-state index in [4.69, 9.17) is 4.84 Å². The van der Waals surface area contributed by atoms with E-state index in [1.807, 2.05) is 36.4 Å². The fourth-order valence-corrected chi connectivity index (χ4v) is 2.02. The minimum absolute atomic E-state index is 0.744. The number of benzene rings is 2. The molecule has 1 heterocycles. The summed E-state index contributed by atoms with van der Waals surface area (Å²) in [7, 11) is 0. The second-order valence-corrected chi connectivity index (χ2v) is 3.96. The number of hydroxylamine groups is 1. The Balaban J connectivity index is 2.08. The van der Waals surface area contributed by atoms with Crippen LogP contribution in [0.5, 0.6) is 0 Å². The number of hydrogen-bond donors (Lipinski definition) is 1. The lowest BCUT2D eigenvalue weighted by atomic mass is 10.0. The smallest absolute Gasteiger partial charge is 0.159 e. The van der Waals surface area contributed by atoms with Crippen molar-refractivity contribution < 1.29 is 4.84 Å². The van der Waals surface area contributed by atoms with Gasteiger partial charge in [-0.2, -0.15) is 5.48 Å². The zero-order valence-electron chi connectivity index (χ0n) is 9.39. The van der Waals surface area contributed by atoms with Gasteiger partial charge in [0.1, 0.15) is 0 Å². The van der Waals surface area contributed by atoms with Crippen LogP contribution in [0, 0.1) is 0 Å². The van der Waals surface area contributed by atoms with Gasteiger partial charge in [-0.3, -0.25) is 0 Å². The summed E-state index contributed by atoms with van der Waals surface area (Å²) in [6.07, 6.45) is 0. The monoisotopic (exact) mass is 223 g/mol. The molecule has 2 heteroatoms. The molecular weight excluding hydrogens is 210 g/mol. The molecule has 0 radical (unpaired) electrons. The molecule has 0 bridgehead atoms. The maximum Gasteiger partial charge on any atom is 0.159 e. The van der Waals surface area contributed by atoms with Gasteiger partial charge < -0.3 is 4.84 Å². The first-order chi connectivity index (χ1) is 8.45. The van der Waals surface area contributed by atoms with Crippen LogP contribution in [0.15, 0.2) is 60.7 Å².